The summed E-state index contributed by atoms with van der Waals surface area (Å²) >= 11 is 0. The molecule has 0 aromatic heterocycles. The fourth-order valence-electron chi connectivity index (χ4n) is 1.46. The number of amides is 1. The predicted octanol–water partition coefficient (Wildman–Crippen LogP) is 1.28. The van der Waals surface area contributed by atoms with Crippen LogP contribution in [0.15, 0.2) is 24.3 Å². The van der Waals surface area contributed by atoms with Crippen LogP contribution in [0.1, 0.15) is 12.0 Å². The Bertz CT molecular complexity index is 409. The lowest BCUT2D eigenvalue weighted by Gasteiger charge is -2.05. The van der Waals surface area contributed by atoms with Crippen LogP contribution >= 0.6 is 12.4 Å². The van der Waals surface area contributed by atoms with E-state index in [0.29, 0.717) is 25.9 Å². The molecule has 0 saturated carbocycles. The number of carbonyl (C=O) groups is 1. The van der Waals surface area contributed by atoms with Crippen LogP contribution in [-0.4, -0.2) is 31.0 Å². The van der Waals surface area contributed by atoms with Crippen LogP contribution in [0.4, 0.5) is 5.69 Å². The topological polar surface area (TPSA) is 84.3 Å². The summed E-state index contributed by atoms with van der Waals surface area (Å²) in [5.74, 6) is 0.00580. The number of nitro groups is 1. The van der Waals surface area contributed by atoms with E-state index >= 15 is 0 Å². The standard InChI is InChI=1S/C12H17N3O3.ClH/c1-13-8-7-12(16)14-9-6-10-2-4-11(5-3-10)15(17)18;/h2-5,13H,6-9H2,1H3,(H,14,16);1H. The first-order chi connectivity index (χ1) is 8.63. The van der Waals surface area contributed by atoms with Crippen molar-refractivity contribution in [3.8, 4) is 0 Å². The van der Waals surface area contributed by atoms with E-state index in [9.17, 15) is 14.9 Å². The number of hydrogen-bond acceptors (Lipinski definition) is 4. The second kappa shape index (κ2) is 9.29. The van der Waals surface area contributed by atoms with Gasteiger partial charge in [0, 0.05) is 31.6 Å². The van der Waals surface area contributed by atoms with E-state index in [4.69, 9.17) is 0 Å². The van der Waals surface area contributed by atoms with Crippen molar-refractivity contribution in [2.75, 3.05) is 20.1 Å². The van der Waals surface area contributed by atoms with Crippen LogP contribution in [0.2, 0.25) is 0 Å². The predicted molar refractivity (Wildman–Crippen MR) is 75.6 cm³/mol. The summed E-state index contributed by atoms with van der Waals surface area (Å²) in [4.78, 5) is 21.3. The fourth-order valence-corrected chi connectivity index (χ4v) is 1.46. The lowest BCUT2D eigenvalue weighted by Crippen LogP contribution is -2.28. The molecule has 6 nitrogen and oxygen atoms in total. The minimum atomic E-state index is -0.427. The Balaban J connectivity index is 0.00000324. The number of benzene rings is 1. The minimum Gasteiger partial charge on any atom is -0.356 e. The number of hydrogen-bond donors (Lipinski definition) is 2. The molecule has 2 N–H and O–H groups in total. The molecule has 0 heterocycles. The van der Waals surface area contributed by atoms with Crippen molar-refractivity contribution in [3.63, 3.8) is 0 Å². The van der Waals surface area contributed by atoms with Crippen molar-refractivity contribution in [3.05, 3.63) is 39.9 Å². The number of carbonyl (C=O) groups excluding carboxylic acids is 1. The van der Waals surface area contributed by atoms with Gasteiger partial charge in [0.05, 0.1) is 4.92 Å². The van der Waals surface area contributed by atoms with Gasteiger partial charge in [-0.25, -0.2) is 0 Å². The molecule has 19 heavy (non-hydrogen) atoms. The molecule has 106 valence electrons. The van der Waals surface area contributed by atoms with E-state index in [1.807, 2.05) is 0 Å². The van der Waals surface area contributed by atoms with Gasteiger partial charge >= 0.3 is 0 Å². The third-order valence-electron chi connectivity index (χ3n) is 2.49. The highest BCUT2D eigenvalue weighted by atomic mass is 35.5. The van der Waals surface area contributed by atoms with Gasteiger partial charge in [0.25, 0.3) is 5.69 Å². The molecule has 1 rings (SSSR count). The minimum absolute atomic E-state index is 0. The first-order valence-corrected chi connectivity index (χ1v) is 5.78. The average Bonchev–Trinajstić information content (AvgIpc) is 2.37. The van der Waals surface area contributed by atoms with E-state index < -0.39 is 4.92 Å². The van der Waals surface area contributed by atoms with Gasteiger partial charge < -0.3 is 10.6 Å². The van der Waals surface area contributed by atoms with Crippen LogP contribution in [0, 0.1) is 10.1 Å². The largest absolute Gasteiger partial charge is 0.356 e. The quantitative estimate of drug-likeness (QED) is 0.584. The van der Waals surface area contributed by atoms with Crippen LogP contribution < -0.4 is 10.6 Å². The molecular formula is C12H18ClN3O3. The monoisotopic (exact) mass is 287 g/mol. The summed E-state index contributed by atoms with van der Waals surface area (Å²) < 4.78 is 0. The third kappa shape index (κ3) is 6.73. The summed E-state index contributed by atoms with van der Waals surface area (Å²) in [5, 5.41) is 16.1. The summed E-state index contributed by atoms with van der Waals surface area (Å²) in [7, 11) is 1.80. The van der Waals surface area contributed by atoms with Gasteiger partial charge in [-0.2, -0.15) is 0 Å². The zero-order valence-electron chi connectivity index (χ0n) is 10.7. The molecular weight excluding hydrogens is 270 g/mol. The number of nitro benzene ring substituents is 1. The van der Waals surface area contributed by atoms with E-state index in [2.05, 4.69) is 10.6 Å². The molecule has 0 spiro atoms. The van der Waals surface area contributed by atoms with E-state index in [1.54, 1.807) is 19.2 Å². The van der Waals surface area contributed by atoms with E-state index in [-0.39, 0.29) is 24.0 Å². The zero-order valence-corrected chi connectivity index (χ0v) is 11.5. The molecule has 0 fully saturated rings. The Morgan fingerprint density at radius 2 is 1.89 bits per heavy atom. The number of rotatable bonds is 7. The molecule has 0 unspecified atom stereocenters. The maximum Gasteiger partial charge on any atom is 0.269 e. The van der Waals surface area contributed by atoms with Crippen molar-refractivity contribution in [2.24, 2.45) is 0 Å². The second-order valence-corrected chi connectivity index (χ2v) is 3.88. The van der Waals surface area contributed by atoms with Gasteiger partial charge in [-0.1, -0.05) is 12.1 Å². The van der Waals surface area contributed by atoms with E-state index in [0.717, 1.165) is 5.56 Å². The van der Waals surface area contributed by atoms with Gasteiger partial charge in [-0.3, -0.25) is 14.9 Å². The van der Waals surface area contributed by atoms with Crippen LogP contribution in [0.3, 0.4) is 0 Å². The molecule has 7 heteroatoms. The Labute approximate surface area is 118 Å². The van der Waals surface area contributed by atoms with E-state index in [1.165, 1.54) is 12.1 Å². The normalized spacial score (nSPS) is 9.53. The van der Waals surface area contributed by atoms with Crippen molar-refractivity contribution >= 4 is 24.0 Å². The first-order valence-electron chi connectivity index (χ1n) is 5.78. The number of nitrogens with one attached hydrogen (secondary N) is 2. The van der Waals surface area contributed by atoms with Gasteiger partial charge in [-0.15, -0.1) is 12.4 Å². The van der Waals surface area contributed by atoms with Crippen LogP contribution in [-0.2, 0) is 11.2 Å². The molecule has 0 aliphatic heterocycles. The van der Waals surface area contributed by atoms with Crippen molar-refractivity contribution in [1.29, 1.82) is 0 Å². The fraction of sp³-hybridized carbons (Fsp3) is 0.417. The summed E-state index contributed by atoms with van der Waals surface area (Å²) in [6.45, 7) is 1.20. The lowest BCUT2D eigenvalue weighted by molar-refractivity contribution is -0.384. The van der Waals surface area contributed by atoms with Crippen molar-refractivity contribution in [1.82, 2.24) is 10.6 Å². The van der Waals surface area contributed by atoms with Crippen LogP contribution in [0.5, 0.6) is 0 Å². The third-order valence-corrected chi connectivity index (χ3v) is 2.49. The molecule has 1 aromatic rings. The van der Waals surface area contributed by atoms with Gasteiger partial charge in [0.15, 0.2) is 0 Å². The van der Waals surface area contributed by atoms with Gasteiger partial charge in [-0.05, 0) is 19.0 Å². The number of nitrogens with zero attached hydrogens (tertiary/aromatic N) is 1. The lowest BCUT2D eigenvalue weighted by atomic mass is 10.1. The Kier molecular flexibility index (Phi) is 8.48. The SMILES string of the molecule is CNCCC(=O)NCCc1ccc([N+](=O)[O-])cc1.Cl. The molecule has 0 saturated heterocycles. The molecule has 0 aliphatic rings. The van der Waals surface area contributed by atoms with Crippen LogP contribution in [0.25, 0.3) is 0 Å². The first kappa shape index (κ1) is 17.3. The molecule has 0 aliphatic carbocycles. The number of halogens is 1. The zero-order chi connectivity index (χ0) is 13.4. The van der Waals surface area contributed by atoms with Gasteiger partial charge in [0.2, 0.25) is 5.91 Å². The second-order valence-electron chi connectivity index (χ2n) is 3.88. The average molecular weight is 288 g/mol. The highest BCUT2D eigenvalue weighted by Gasteiger charge is 2.04. The molecule has 0 atom stereocenters. The molecule has 0 radical (unpaired) electrons. The summed E-state index contributed by atoms with van der Waals surface area (Å²) in [5.41, 5.74) is 1.05. The maximum atomic E-state index is 11.3. The molecule has 1 amide bonds. The smallest absolute Gasteiger partial charge is 0.269 e. The van der Waals surface area contributed by atoms with Crippen molar-refractivity contribution in [2.45, 2.75) is 12.8 Å². The Morgan fingerprint density at radius 1 is 1.26 bits per heavy atom. The highest BCUT2D eigenvalue weighted by molar-refractivity contribution is 5.85. The summed E-state index contributed by atoms with van der Waals surface area (Å²) in [6, 6.07) is 6.35. The maximum absolute atomic E-state index is 11.3. The Morgan fingerprint density at radius 3 is 2.42 bits per heavy atom. The number of non-ortho nitro benzene ring substituents is 1. The highest BCUT2D eigenvalue weighted by Crippen LogP contribution is 2.11. The van der Waals surface area contributed by atoms with Gasteiger partial charge in [0.1, 0.15) is 0 Å². The summed E-state index contributed by atoms with van der Waals surface area (Å²) in [6.07, 6.45) is 1.13. The Hall–Kier alpha value is -1.66. The van der Waals surface area contributed by atoms with Crippen molar-refractivity contribution < 1.29 is 9.72 Å². The molecule has 0 bridgehead atoms. The molecule has 1 aromatic carbocycles.